The minimum Gasteiger partial charge on any atom is -0.454 e. The second-order valence-electron chi connectivity index (χ2n) is 6.27. The Balaban J connectivity index is 1.52. The normalized spacial score (nSPS) is 16.7. The molecule has 0 unspecified atom stereocenters. The number of fused-ring (bicyclic) bond motifs is 1. The summed E-state index contributed by atoms with van der Waals surface area (Å²) in [6.45, 7) is 5.48. The summed E-state index contributed by atoms with van der Waals surface area (Å²) in [6, 6.07) is 4.20. The molecule has 1 aromatic rings. The number of carbonyl (C=O) groups is 3. The Morgan fingerprint density at radius 1 is 1.11 bits per heavy atom. The van der Waals surface area contributed by atoms with E-state index in [0.717, 1.165) is 0 Å². The van der Waals surface area contributed by atoms with Gasteiger partial charge < -0.3 is 29.3 Å². The van der Waals surface area contributed by atoms with Gasteiger partial charge in [-0.15, -0.1) is 0 Å². The van der Waals surface area contributed by atoms with Gasteiger partial charge in [0, 0.05) is 31.7 Å². The smallest absolute Gasteiger partial charge is 0.409 e. The van der Waals surface area contributed by atoms with E-state index in [4.69, 9.17) is 14.2 Å². The Morgan fingerprint density at radius 2 is 1.78 bits per heavy atom. The van der Waals surface area contributed by atoms with Crippen molar-refractivity contribution in [3.63, 3.8) is 0 Å². The topological polar surface area (TPSA) is 97.4 Å². The number of nitrogens with zero attached hydrogens (tertiary/aromatic N) is 2. The number of amides is 3. The van der Waals surface area contributed by atoms with Crippen molar-refractivity contribution in [2.75, 3.05) is 39.6 Å². The quantitative estimate of drug-likeness (QED) is 0.835. The summed E-state index contributed by atoms with van der Waals surface area (Å²) in [5.41, 5.74) is 0.394. The molecule has 3 amide bonds. The molecule has 9 heteroatoms. The van der Waals surface area contributed by atoms with Crippen LogP contribution in [0.2, 0.25) is 0 Å². The van der Waals surface area contributed by atoms with E-state index in [1.165, 1.54) is 0 Å². The van der Waals surface area contributed by atoms with E-state index in [9.17, 15) is 14.4 Å². The van der Waals surface area contributed by atoms with Gasteiger partial charge in [-0.3, -0.25) is 9.59 Å². The molecule has 27 heavy (non-hydrogen) atoms. The molecular weight excluding hydrogens is 354 g/mol. The van der Waals surface area contributed by atoms with Crippen LogP contribution in [0.4, 0.5) is 4.79 Å². The molecule has 0 aliphatic carbocycles. The first-order valence-electron chi connectivity index (χ1n) is 8.90. The maximum absolute atomic E-state index is 12.6. The van der Waals surface area contributed by atoms with Gasteiger partial charge in [0.2, 0.25) is 12.7 Å². The highest BCUT2D eigenvalue weighted by Gasteiger charge is 2.28. The zero-order valence-corrected chi connectivity index (χ0v) is 15.4. The van der Waals surface area contributed by atoms with Crippen LogP contribution in [-0.2, 0) is 9.53 Å². The largest absolute Gasteiger partial charge is 0.454 e. The molecule has 1 N–H and O–H groups in total. The molecule has 2 aliphatic rings. The number of hydrogen-bond donors (Lipinski definition) is 1. The Hall–Kier alpha value is -2.97. The summed E-state index contributed by atoms with van der Waals surface area (Å²) in [7, 11) is 0. The molecule has 1 fully saturated rings. The van der Waals surface area contributed by atoms with Crippen LogP contribution in [0.15, 0.2) is 18.2 Å². The van der Waals surface area contributed by atoms with E-state index in [2.05, 4.69) is 5.32 Å². The fourth-order valence-electron chi connectivity index (χ4n) is 2.98. The molecule has 9 nitrogen and oxygen atoms in total. The lowest BCUT2D eigenvalue weighted by Crippen LogP contribution is -2.55. The van der Waals surface area contributed by atoms with Crippen molar-refractivity contribution < 1.29 is 28.6 Å². The van der Waals surface area contributed by atoms with Gasteiger partial charge in [0.1, 0.15) is 6.04 Å². The van der Waals surface area contributed by atoms with Crippen LogP contribution >= 0.6 is 0 Å². The lowest BCUT2D eigenvalue weighted by atomic mass is 10.1. The molecule has 1 saturated heterocycles. The molecule has 0 spiro atoms. The average molecular weight is 377 g/mol. The van der Waals surface area contributed by atoms with Gasteiger partial charge in [0.15, 0.2) is 11.5 Å². The van der Waals surface area contributed by atoms with Gasteiger partial charge in [-0.2, -0.15) is 0 Å². The average Bonchev–Trinajstić information content (AvgIpc) is 3.15. The number of rotatable bonds is 4. The first-order valence-corrected chi connectivity index (χ1v) is 8.90. The highest BCUT2D eigenvalue weighted by Crippen LogP contribution is 2.32. The van der Waals surface area contributed by atoms with E-state index >= 15 is 0 Å². The van der Waals surface area contributed by atoms with E-state index in [1.54, 1.807) is 41.8 Å². The lowest BCUT2D eigenvalue weighted by molar-refractivity contribution is -0.134. The molecule has 0 saturated carbocycles. The molecule has 1 atom stereocenters. The van der Waals surface area contributed by atoms with E-state index in [-0.39, 0.29) is 24.7 Å². The minimum atomic E-state index is -0.683. The summed E-state index contributed by atoms with van der Waals surface area (Å²) >= 11 is 0. The fourth-order valence-corrected chi connectivity index (χ4v) is 2.98. The van der Waals surface area contributed by atoms with E-state index in [0.29, 0.717) is 49.8 Å². The second kappa shape index (κ2) is 8.15. The summed E-state index contributed by atoms with van der Waals surface area (Å²) in [5.74, 6) is 0.554. The first-order chi connectivity index (χ1) is 13.0. The number of piperazine rings is 1. The highest BCUT2D eigenvalue weighted by molar-refractivity contribution is 5.98. The third-order valence-electron chi connectivity index (χ3n) is 4.47. The van der Waals surface area contributed by atoms with Crippen LogP contribution in [0.3, 0.4) is 0 Å². The van der Waals surface area contributed by atoms with Crippen molar-refractivity contribution in [3.8, 4) is 11.5 Å². The van der Waals surface area contributed by atoms with Gasteiger partial charge in [-0.05, 0) is 32.0 Å². The lowest BCUT2D eigenvalue weighted by Gasteiger charge is -2.35. The fraction of sp³-hybridized carbons (Fsp3) is 0.500. The van der Waals surface area contributed by atoms with Crippen molar-refractivity contribution in [2.45, 2.75) is 19.9 Å². The maximum Gasteiger partial charge on any atom is 0.409 e. The molecule has 146 valence electrons. The number of nitrogens with one attached hydrogen (secondary N) is 1. The van der Waals surface area contributed by atoms with Gasteiger partial charge in [0.05, 0.1) is 6.61 Å². The highest BCUT2D eigenvalue weighted by atomic mass is 16.7. The van der Waals surface area contributed by atoms with Crippen molar-refractivity contribution in [1.82, 2.24) is 15.1 Å². The van der Waals surface area contributed by atoms with Crippen LogP contribution in [0.5, 0.6) is 11.5 Å². The minimum absolute atomic E-state index is 0.132. The van der Waals surface area contributed by atoms with Crippen molar-refractivity contribution in [3.05, 3.63) is 23.8 Å². The summed E-state index contributed by atoms with van der Waals surface area (Å²) in [4.78, 5) is 39.9. The summed E-state index contributed by atoms with van der Waals surface area (Å²) in [6.07, 6.45) is -0.367. The zero-order chi connectivity index (χ0) is 19.4. The van der Waals surface area contributed by atoms with Gasteiger partial charge in [-0.25, -0.2) is 4.79 Å². The number of hydrogen-bond acceptors (Lipinski definition) is 6. The van der Waals surface area contributed by atoms with Crippen LogP contribution in [0.1, 0.15) is 24.2 Å². The van der Waals surface area contributed by atoms with Crippen LogP contribution in [-0.4, -0.2) is 73.3 Å². The van der Waals surface area contributed by atoms with E-state index in [1.807, 2.05) is 0 Å². The molecule has 1 aromatic carbocycles. The molecule has 0 aromatic heterocycles. The molecule has 0 bridgehead atoms. The maximum atomic E-state index is 12.6. The first kappa shape index (κ1) is 18.8. The van der Waals surface area contributed by atoms with Gasteiger partial charge in [0.25, 0.3) is 5.91 Å². The number of ether oxygens (including phenoxy) is 3. The molecular formula is C18H23N3O6. The Morgan fingerprint density at radius 3 is 2.48 bits per heavy atom. The third kappa shape index (κ3) is 4.24. The Kier molecular flexibility index (Phi) is 5.68. The molecule has 0 radical (unpaired) electrons. The van der Waals surface area contributed by atoms with Crippen LogP contribution < -0.4 is 14.8 Å². The van der Waals surface area contributed by atoms with Crippen LogP contribution in [0, 0.1) is 0 Å². The standard InChI is InChI=1S/C18H23N3O6/c1-3-25-18(24)21-8-6-20(7-9-21)17(23)12(2)19-16(22)13-4-5-14-15(10-13)27-11-26-14/h4-5,10,12H,3,6-9,11H2,1-2H3,(H,19,22)/t12-/m0/s1. The van der Waals surface area contributed by atoms with E-state index < -0.39 is 6.04 Å². The molecule has 2 heterocycles. The van der Waals surface area contributed by atoms with Crippen molar-refractivity contribution >= 4 is 17.9 Å². The molecule has 2 aliphatic heterocycles. The predicted octanol–water partition coefficient (Wildman–Crippen LogP) is 0.834. The monoisotopic (exact) mass is 377 g/mol. The Bertz CT molecular complexity index is 730. The van der Waals surface area contributed by atoms with Crippen LogP contribution in [0.25, 0.3) is 0 Å². The van der Waals surface area contributed by atoms with Crippen molar-refractivity contribution in [1.29, 1.82) is 0 Å². The molecule has 3 rings (SSSR count). The summed E-state index contributed by atoms with van der Waals surface area (Å²) in [5, 5.41) is 2.71. The zero-order valence-electron chi connectivity index (χ0n) is 15.4. The van der Waals surface area contributed by atoms with Crippen molar-refractivity contribution in [2.24, 2.45) is 0 Å². The van der Waals surface area contributed by atoms with Gasteiger partial charge in [-0.1, -0.05) is 0 Å². The van der Waals surface area contributed by atoms with Gasteiger partial charge >= 0.3 is 6.09 Å². The second-order valence-corrected chi connectivity index (χ2v) is 6.27. The predicted molar refractivity (Wildman–Crippen MR) is 94.7 cm³/mol. The third-order valence-corrected chi connectivity index (χ3v) is 4.47. The Labute approximate surface area is 157 Å². The summed E-state index contributed by atoms with van der Waals surface area (Å²) < 4.78 is 15.4. The number of benzene rings is 1. The number of carbonyl (C=O) groups excluding carboxylic acids is 3. The SMILES string of the molecule is CCOC(=O)N1CCN(C(=O)[C@H](C)NC(=O)c2ccc3c(c2)OCO3)CC1.